The Hall–Kier alpha value is -1.29. The minimum Gasteiger partial charge on any atom is -0.324 e. The van der Waals surface area contributed by atoms with Crippen LogP contribution in [-0.2, 0) is 0 Å². The maximum Gasteiger partial charge on any atom is 0.321 e. The van der Waals surface area contributed by atoms with Gasteiger partial charge in [-0.25, -0.2) is 9.18 Å². The standard InChI is InChI=1S/C14H18ClFN2O/c1-9-6-10(2)8-18(7-9)14(19)17-13-11(15)4-3-5-12(13)16/h3-5,9-10H,6-8H2,1-2H3,(H,17,19). The van der Waals surface area contributed by atoms with Crippen molar-refractivity contribution in [1.82, 2.24) is 4.90 Å². The minimum absolute atomic E-state index is 0.0556. The lowest BCUT2D eigenvalue weighted by Gasteiger charge is -2.35. The first-order valence-corrected chi connectivity index (χ1v) is 6.85. The molecule has 0 saturated carbocycles. The van der Waals surface area contributed by atoms with Crippen LogP contribution in [0.1, 0.15) is 20.3 Å². The Bertz CT molecular complexity index is 450. The molecule has 1 heterocycles. The number of piperidine rings is 1. The van der Waals surface area contributed by atoms with Gasteiger partial charge in [-0.05, 0) is 30.4 Å². The van der Waals surface area contributed by atoms with Gasteiger partial charge in [0.15, 0.2) is 0 Å². The van der Waals surface area contributed by atoms with E-state index in [9.17, 15) is 9.18 Å². The first-order valence-electron chi connectivity index (χ1n) is 6.47. The van der Waals surface area contributed by atoms with Crippen LogP contribution in [0.4, 0.5) is 14.9 Å². The summed E-state index contributed by atoms with van der Waals surface area (Å²) in [6.45, 7) is 5.63. The summed E-state index contributed by atoms with van der Waals surface area (Å²) in [4.78, 5) is 13.9. The third kappa shape index (κ3) is 3.38. The number of hydrogen-bond acceptors (Lipinski definition) is 1. The van der Waals surface area contributed by atoms with Crippen molar-refractivity contribution in [2.75, 3.05) is 18.4 Å². The van der Waals surface area contributed by atoms with E-state index >= 15 is 0 Å². The van der Waals surface area contributed by atoms with E-state index in [0.29, 0.717) is 24.9 Å². The number of carbonyl (C=O) groups excluding carboxylic acids is 1. The lowest BCUT2D eigenvalue weighted by molar-refractivity contribution is 0.156. The van der Waals surface area contributed by atoms with Crippen LogP contribution in [0.25, 0.3) is 0 Å². The summed E-state index contributed by atoms with van der Waals surface area (Å²) in [5.74, 6) is 0.412. The molecule has 2 rings (SSSR count). The minimum atomic E-state index is -0.515. The second-order valence-corrected chi connectivity index (χ2v) is 5.79. The average Bonchev–Trinajstić information content (AvgIpc) is 2.32. The van der Waals surface area contributed by atoms with Gasteiger partial charge in [0.25, 0.3) is 0 Å². The summed E-state index contributed by atoms with van der Waals surface area (Å²) in [5.41, 5.74) is 0.0556. The highest BCUT2D eigenvalue weighted by molar-refractivity contribution is 6.33. The number of hydrogen-bond donors (Lipinski definition) is 1. The largest absolute Gasteiger partial charge is 0.324 e. The smallest absolute Gasteiger partial charge is 0.321 e. The van der Waals surface area contributed by atoms with Gasteiger partial charge in [-0.15, -0.1) is 0 Å². The molecule has 2 unspecified atom stereocenters. The highest BCUT2D eigenvalue weighted by Gasteiger charge is 2.26. The number of rotatable bonds is 1. The van der Waals surface area contributed by atoms with Gasteiger partial charge in [0, 0.05) is 13.1 Å². The van der Waals surface area contributed by atoms with Crippen LogP contribution in [0.2, 0.25) is 5.02 Å². The second kappa shape index (κ2) is 5.78. The molecule has 1 aliphatic heterocycles. The van der Waals surface area contributed by atoms with Crippen LogP contribution < -0.4 is 5.32 Å². The van der Waals surface area contributed by atoms with Crippen LogP contribution in [0, 0.1) is 17.7 Å². The van der Waals surface area contributed by atoms with E-state index in [0.717, 1.165) is 6.42 Å². The number of para-hydroxylation sites is 1. The van der Waals surface area contributed by atoms with E-state index < -0.39 is 5.82 Å². The van der Waals surface area contributed by atoms with Crippen molar-refractivity contribution in [3.05, 3.63) is 29.0 Å². The van der Waals surface area contributed by atoms with Crippen LogP contribution >= 0.6 is 11.6 Å². The van der Waals surface area contributed by atoms with E-state index in [1.165, 1.54) is 12.1 Å². The monoisotopic (exact) mass is 284 g/mol. The van der Waals surface area contributed by atoms with Gasteiger partial charge in [-0.2, -0.15) is 0 Å². The zero-order chi connectivity index (χ0) is 14.0. The van der Waals surface area contributed by atoms with Crippen LogP contribution in [0.5, 0.6) is 0 Å². The van der Waals surface area contributed by atoms with Crippen molar-refractivity contribution < 1.29 is 9.18 Å². The Morgan fingerprint density at radius 1 is 1.37 bits per heavy atom. The molecule has 1 N–H and O–H groups in total. The molecule has 0 bridgehead atoms. The van der Waals surface area contributed by atoms with Gasteiger partial charge >= 0.3 is 6.03 Å². The maximum absolute atomic E-state index is 13.6. The lowest BCUT2D eigenvalue weighted by atomic mass is 9.92. The molecule has 1 aliphatic rings. The lowest BCUT2D eigenvalue weighted by Crippen LogP contribution is -2.44. The number of halogens is 2. The molecule has 0 radical (unpaired) electrons. The third-order valence-electron chi connectivity index (χ3n) is 3.35. The molecule has 1 aromatic rings. The SMILES string of the molecule is CC1CC(C)CN(C(=O)Nc2c(F)cccc2Cl)C1. The van der Waals surface area contributed by atoms with Crippen molar-refractivity contribution in [3.63, 3.8) is 0 Å². The van der Waals surface area contributed by atoms with Gasteiger partial charge < -0.3 is 10.2 Å². The predicted octanol–water partition coefficient (Wildman–Crippen LogP) is 3.99. The Balaban J connectivity index is 2.08. The predicted molar refractivity (Wildman–Crippen MR) is 74.9 cm³/mol. The number of amides is 2. The van der Waals surface area contributed by atoms with Gasteiger partial charge in [-0.1, -0.05) is 31.5 Å². The summed E-state index contributed by atoms with van der Waals surface area (Å²) < 4.78 is 13.6. The fourth-order valence-electron chi connectivity index (χ4n) is 2.63. The van der Waals surface area contributed by atoms with Crippen LogP contribution in [-0.4, -0.2) is 24.0 Å². The molecular weight excluding hydrogens is 267 g/mol. The molecular formula is C14H18ClFN2O. The molecule has 0 aliphatic carbocycles. The number of nitrogens with one attached hydrogen (secondary N) is 1. The second-order valence-electron chi connectivity index (χ2n) is 5.38. The quantitative estimate of drug-likeness (QED) is 0.831. The molecule has 19 heavy (non-hydrogen) atoms. The molecule has 1 saturated heterocycles. The fraction of sp³-hybridized carbons (Fsp3) is 0.500. The van der Waals surface area contributed by atoms with Gasteiger partial charge in [0.2, 0.25) is 0 Å². The molecule has 0 aromatic heterocycles. The fourth-order valence-corrected chi connectivity index (χ4v) is 2.84. The Morgan fingerprint density at radius 3 is 2.58 bits per heavy atom. The van der Waals surface area contributed by atoms with E-state index in [4.69, 9.17) is 11.6 Å². The summed E-state index contributed by atoms with van der Waals surface area (Å²) in [7, 11) is 0. The summed E-state index contributed by atoms with van der Waals surface area (Å²) >= 11 is 5.90. The van der Waals surface area contributed by atoms with E-state index in [1.54, 1.807) is 11.0 Å². The maximum atomic E-state index is 13.6. The molecule has 5 heteroatoms. The highest BCUT2D eigenvalue weighted by Crippen LogP contribution is 2.26. The zero-order valence-corrected chi connectivity index (χ0v) is 11.9. The molecule has 0 spiro atoms. The van der Waals surface area contributed by atoms with Gasteiger partial charge in [0.1, 0.15) is 5.82 Å². The Morgan fingerprint density at radius 2 is 2.00 bits per heavy atom. The van der Waals surface area contributed by atoms with Crippen molar-refractivity contribution in [2.45, 2.75) is 20.3 Å². The van der Waals surface area contributed by atoms with Crippen LogP contribution in [0.15, 0.2) is 18.2 Å². The summed E-state index contributed by atoms with van der Waals surface area (Å²) in [6.07, 6.45) is 1.12. The number of anilines is 1. The van der Waals surface area contributed by atoms with E-state index in [-0.39, 0.29) is 16.7 Å². The van der Waals surface area contributed by atoms with E-state index in [1.807, 2.05) is 0 Å². The number of nitrogens with zero attached hydrogens (tertiary/aromatic N) is 1. The molecule has 1 aromatic carbocycles. The van der Waals surface area contributed by atoms with Crippen LogP contribution in [0.3, 0.4) is 0 Å². The third-order valence-corrected chi connectivity index (χ3v) is 3.67. The zero-order valence-electron chi connectivity index (χ0n) is 11.1. The molecule has 1 fully saturated rings. The number of carbonyl (C=O) groups is 1. The highest BCUT2D eigenvalue weighted by atomic mass is 35.5. The van der Waals surface area contributed by atoms with Crippen molar-refractivity contribution in [3.8, 4) is 0 Å². The number of urea groups is 1. The molecule has 2 amide bonds. The topological polar surface area (TPSA) is 32.3 Å². The average molecular weight is 285 g/mol. The first kappa shape index (κ1) is 14.1. The number of likely N-dealkylation sites (tertiary alicyclic amines) is 1. The molecule has 104 valence electrons. The van der Waals surface area contributed by atoms with Crippen molar-refractivity contribution in [1.29, 1.82) is 0 Å². The first-order chi connectivity index (χ1) is 8.97. The summed E-state index contributed by atoms with van der Waals surface area (Å²) in [5, 5.41) is 2.78. The van der Waals surface area contributed by atoms with Gasteiger partial charge in [-0.3, -0.25) is 0 Å². The molecule has 2 atom stereocenters. The number of benzene rings is 1. The normalized spacial score (nSPS) is 23.3. The molecule has 3 nitrogen and oxygen atoms in total. The summed E-state index contributed by atoms with van der Waals surface area (Å²) in [6, 6.07) is 4.06. The van der Waals surface area contributed by atoms with Crippen molar-refractivity contribution >= 4 is 23.3 Å². The Labute approximate surface area is 117 Å². The van der Waals surface area contributed by atoms with E-state index in [2.05, 4.69) is 19.2 Å². The van der Waals surface area contributed by atoms with Crippen molar-refractivity contribution in [2.24, 2.45) is 11.8 Å². The van der Waals surface area contributed by atoms with Gasteiger partial charge in [0.05, 0.1) is 10.7 Å². The Kier molecular flexibility index (Phi) is 4.30.